The van der Waals surface area contributed by atoms with Gasteiger partial charge in [-0.2, -0.15) is 0 Å². The smallest absolute Gasteiger partial charge is 0.327 e. The fraction of sp³-hybridized carbons (Fsp3) is 0.438. The van der Waals surface area contributed by atoms with Crippen LogP contribution in [0.1, 0.15) is 25.3 Å². The first-order valence-electron chi connectivity index (χ1n) is 6.99. The van der Waals surface area contributed by atoms with Crippen molar-refractivity contribution in [3.63, 3.8) is 0 Å². The Balaban J connectivity index is 2.00. The zero-order chi connectivity index (χ0) is 14.4. The molecule has 20 heavy (non-hydrogen) atoms. The fourth-order valence-corrected chi connectivity index (χ4v) is 2.49. The minimum atomic E-state index is -0.666. The Morgan fingerprint density at radius 2 is 2.25 bits per heavy atom. The van der Waals surface area contributed by atoms with Crippen molar-refractivity contribution in [3.05, 3.63) is 48.0 Å². The molecule has 4 nitrogen and oxygen atoms in total. The summed E-state index contributed by atoms with van der Waals surface area (Å²) in [7, 11) is 0. The Bertz CT molecular complexity index is 473. The Morgan fingerprint density at radius 3 is 2.85 bits per heavy atom. The predicted octanol–water partition coefficient (Wildman–Crippen LogP) is 1.76. The van der Waals surface area contributed by atoms with Crippen molar-refractivity contribution >= 4 is 5.97 Å². The predicted molar refractivity (Wildman–Crippen MR) is 79.0 cm³/mol. The fourth-order valence-electron chi connectivity index (χ4n) is 2.49. The number of ether oxygens (including phenoxy) is 1. The molecule has 0 radical (unpaired) electrons. The number of carbonyl (C=O) groups excluding carboxylic acids is 1. The third kappa shape index (κ3) is 3.46. The highest BCUT2D eigenvalue weighted by atomic mass is 16.5. The summed E-state index contributed by atoms with van der Waals surface area (Å²) in [5, 5.41) is 3.24. The molecule has 1 aromatic rings. The summed E-state index contributed by atoms with van der Waals surface area (Å²) >= 11 is 0. The quantitative estimate of drug-likeness (QED) is 0.634. The van der Waals surface area contributed by atoms with E-state index in [1.165, 1.54) is 0 Å². The van der Waals surface area contributed by atoms with Crippen molar-refractivity contribution in [1.82, 2.24) is 5.32 Å². The first-order chi connectivity index (χ1) is 9.66. The van der Waals surface area contributed by atoms with E-state index >= 15 is 0 Å². The summed E-state index contributed by atoms with van der Waals surface area (Å²) in [5.74, 6) is -0.215. The van der Waals surface area contributed by atoms with Crippen LogP contribution >= 0.6 is 0 Å². The highest BCUT2D eigenvalue weighted by molar-refractivity contribution is 5.81. The molecule has 0 unspecified atom stereocenters. The van der Waals surface area contributed by atoms with Crippen LogP contribution in [0.15, 0.2) is 42.5 Å². The molecular weight excluding hydrogens is 252 g/mol. The number of esters is 1. The van der Waals surface area contributed by atoms with Crippen molar-refractivity contribution in [2.75, 3.05) is 6.54 Å². The van der Waals surface area contributed by atoms with Crippen LogP contribution in [0.2, 0.25) is 0 Å². The number of rotatable bonds is 5. The van der Waals surface area contributed by atoms with Crippen molar-refractivity contribution in [3.8, 4) is 0 Å². The van der Waals surface area contributed by atoms with E-state index in [2.05, 4.69) is 5.32 Å². The maximum Gasteiger partial charge on any atom is 0.327 e. The van der Waals surface area contributed by atoms with Gasteiger partial charge in [0.15, 0.2) is 0 Å². The minimum Gasteiger partial charge on any atom is -0.459 e. The van der Waals surface area contributed by atoms with E-state index in [0.29, 0.717) is 26.0 Å². The lowest BCUT2D eigenvalue weighted by Crippen LogP contribution is -2.48. The van der Waals surface area contributed by atoms with Gasteiger partial charge in [0, 0.05) is 12.6 Å². The number of nitrogens with two attached hydrogens (primary N) is 1. The summed E-state index contributed by atoms with van der Waals surface area (Å²) in [6.45, 7) is 2.89. The first kappa shape index (κ1) is 14.8. The van der Waals surface area contributed by atoms with Crippen molar-refractivity contribution in [2.24, 2.45) is 5.73 Å². The summed E-state index contributed by atoms with van der Waals surface area (Å²) in [6, 6.07) is 9.70. The molecule has 0 aliphatic carbocycles. The molecule has 0 bridgehead atoms. The van der Waals surface area contributed by atoms with Crippen LogP contribution in [-0.2, 0) is 16.1 Å². The van der Waals surface area contributed by atoms with Gasteiger partial charge in [-0.3, -0.25) is 10.1 Å². The molecule has 1 saturated heterocycles. The third-order valence-electron chi connectivity index (χ3n) is 3.62. The topological polar surface area (TPSA) is 64.3 Å². The molecule has 3 N–H and O–H groups in total. The molecule has 0 spiro atoms. The molecular formula is C16H22N2O2. The Hall–Kier alpha value is -1.65. The highest BCUT2D eigenvalue weighted by Gasteiger charge is 2.44. The molecule has 108 valence electrons. The van der Waals surface area contributed by atoms with Crippen LogP contribution < -0.4 is 11.1 Å². The van der Waals surface area contributed by atoms with Crippen LogP contribution in [-0.4, -0.2) is 24.1 Å². The number of carbonyl (C=O) groups is 1. The Morgan fingerprint density at radius 1 is 1.50 bits per heavy atom. The molecule has 2 rings (SSSR count). The van der Waals surface area contributed by atoms with Gasteiger partial charge in [-0.15, -0.1) is 0 Å². The minimum absolute atomic E-state index is 0.00420. The van der Waals surface area contributed by atoms with Gasteiger partial charge in [-0.05, 0) is 25.3 Å². The second-order valence-corrected chi connectivity index (χ2v) is 5.26. The van der Waals surface area contributed by atoms with E-state index < -0.39 is 5.54 Å². The lowest BCUT2D eigenvalue weighted by molar-refractivity contribution is -0.152. The van der Waals surface area contributed by atoms with Crippen molar-refractivity contribution in [1.29, 1.82) is 0 Å². The van der Waals surface area contributed by atoms with Crippen LogP contribution in [0.5, 0.6) is 0 Å². The average Bonchev–Trinajstić information content (AvgIpc) is 2.86. The van der Waals surface area contributed by atoms with Gasteiger partial charge >= 0.3 is 5.97 Å². The molecule has 1 aromatic carbocycles. The summed E-state index contributed by atoms with van der Waals surface area (Å²) in [6.07, 6.45) is 5.16. The van der Waals surface area contributed by atoms with E-state index in [9.17, 15) is 4.79 Å². The lowest BCUT2D eigenvalue weighted by atomic mass is 9.92. The summed E-state index contributed by atoms with van der Waals surface area (Å²) < 4.78 is 5.47. The molecule has 1 aliphatic heterocycles. The molecule has 0 aromatic heterocycles. The van der Waals surface area contributed by atoms with Crippen LogP contribution in [0.25, 0.3) is 0 Å². The van der Waals surface area contributed by atoms with Gasteiger partial charge in [0.1, 0.15) is 12.1 Å². The third-order valence-corrected chi connectivity index (χ3v) is 3.62. The number of nitrogens with one attached hydrogen (secondary N) is 1. The molecule has 1 aliphatic rings. The van der Waals surface area contributed by atoms with Gasteiger partial charge < -0.3 is 10.5 Å². The van der Waals surface area contributed by atoms with E-state index in [4.69, 9.17) is 10.5 Å². The average molecular weight is 274 g/mol. The number of allylic oxidation sites excluding steroid dienone is 1. The number of benzene rings is 1. The normalized spacial score (nSPS) is 26.0. The van der Waals surface area contributed by atoms with Gasteiger partial charge in [-0.1, -0.05) is 42.5 Å². The Labute approximate surface area is 120 Å². The molecule has 4 heteroatoms. The number of hydrogen-bond donors (Lipinski definition) is 2. The van der Waals surface area contributed by atoms with E-state index in [1.54, 1.807) is 0 Å². The summed E-state index contributed by atoms with van der Waals surface area (Å²) in [5.41, 5.74) is 6.26. The molecule has 2 atom stereocenters. The standard InChI is InChI=1S/C16H22N2O2/c1-2-3-9-16(10-14(17)11-18-16)15(19)20-12-13-7-5-4-6-8-13/h2-8,14,18H,9-12,17H2,1H3/b3-2+/t14-,16+/m1/s1. The van der Waals surface area contributed by atoms with Crippen molar-refractivity contribution in [2.45, 2.75) is 38.0 Å². The first-order valence-corrected chi connectivity index (χ1v) is 6.99. The number of hydrogen-bond acceptors (Lipinski definition) is 4. The summed E-state index contributed by atoms with van der Waals surface area (Å²) in [4.78, 5) is 12.4. The molecule has 1 fully saturated rings. The Kier molecular flexibility index (Phi) is 4.93. The van der Waals surface area contributed by atoms with Crippen LogP contribution in [0.4, 0.5) is 0 Å². The second kappa shape index (κ2) is 6.68. The van der Waals surface area contributed by atoms with Crippen molar-refractivity contribution < 1.29 is 9.53 Å². The van der Waals surface area contributed by atoms with Crippen LogP contribution in [0.3, 0.4) is 0 Å². The maximum atomic E-state index is 12.4. The maximum absolute atomic E-state index is 12.4. The van der Waals surface area contributed by atoms with Gasteiger partial charge in [0.25, 0.3) is 0 Å². The monoisotopic (exact) mass is 274 g/mol. The molecule has 1 heterocycles. The second-order valence-electron chi connectivity index (χ2n) is 5.26. The van der Waals surface area contributed by atoms with Crippen LogP contribution in [0, 0.1) is 0 Å². The van der Waals surface area contributed by atoms with E-state index in [-0.39, 0.29) is 12.0 Å². The highest BCUT2D eigenvalue weighted by Crippen LogP contribution is 2.25. The zero-order valence-corrected chi connectivity index (χ0v) is 11.8. The van der Waals surface area contributed by atoms with Gasteiger partial charge in [0.2, 0.25) is 0 Å². The van der Waals surface area contributed by atoms with Gasteiger partial charge in [-0.25, -0.2) is 0 Å². The van der Waals surface area contributed by atoms with E-state index in [1.807, 2.05) is 49.4 Å². The van der Waals surface area contributed by atoms with Gasteiger partial charge in [0.05, 0.1) is 0 Å². The largest absolute Gasteiger partial charge is 0.459 e. The zero-order valence-electron chi connectivity index (χ0n) is 11.8. The molecule has 0 amide bonds. The van der Waals surface area contributed by atoms with E-state index in [0.717, 1.165) is 5.56 Å². The lowest BCUT2D eigenvalue weighted by Gasteiger charge is -2.26. The SMILES string of the molecule is C/C=C/C[C@@]1(C(=O)OCc2ccccc2)C[C@@H](N)CN1. The molecule has 0 saturated carbocycles.